The Labute approximate surface area is 149 Å². The molecule has 0 radical (unpaired) electrons. The molecule has 0 aromatic carbocycles. The first kappa shape index (κ1) is 22.9. The second kappa shape index (κ2) is 18.3. The van der Waals surface area contributed by atoms with Crippen LogP contribution in [0, 0.1) is 0 Å². The zero-order chi connectivity index (χ0) is 17.9. The summed E-state index contributed by atoms with van der Waals surface area (Å²) in [6.45, 7) is 9.94. The largest absolute Gasteiger partial charge is 0.435 e. The predicted octanol–water partition coefficient (Wildman–Crippen LogP) is 6.34. The zero-order valence-electron chi connectivity index (χ0n) is 15.8. The molecule has 0 spiro atoms. The summed E-state index contributed by atoms with van der Waals surface area (Å²) in [5.74, 6) is -0.345. The number of carbonyl (C=O) groups is 1. The fourth-order valence-electron chi connectivity index (χ4n) is 2.61. The van der Waals surface area contributed by atoms with Crippen LogP contribution in [0.15, 0.2) is 24.8 Å². The number of esters is 1. The van der Waals surface area contributed by atoms with Crippen LogP contribution in [0.1, 0.15) is 90.4 Å². The van der Waals surface area contributed by atoms with Crippen molar-refractivity contribution in [2.75, 3.05) is 13.4 Å². The summed E-state index contributed by atoms with van der Waals surface area (Å²) < 4.78 is 9.97. The Kier molecular flexibility index (Phi) is 17.4. The molecule has 0 saturated carbocycles. The molecule has 0 fully saturated rings. The Hall–Kier alpha value is -1.09. The second-order valence-electron chi connectivity index (χ2n) is 6.45. The Morgan fingerprint density at radius 2 is 1.38 bits per heavy atom. The molecular weight excluding hydrogens is 300 g/mol. The van der Waals surface area contributed by atoms with Gasteiger partial charge in [0.05, 0.1) is 6.61 Å². The van der Waals surface area contributed by atoms with E-state index < -0.39 is 0 Å². The lowest BCUT2D eigenvalue weighted by atomic mass is 10.0. The molecule has 0 aromatic rings. The van der Waals surface area contributed by atoms with Gasteiger partial charge in [-0.2, -0.15) is 0 Å². The highest BCUT2D eigenvalue weighted by Gasteiger charge is 2.07. The van der Waals surface area contributed by atoms with Crippen molar-refractivity contribution in [2.24, 2.45) is 0 Å². The number of hydrogen-bond donors (Lipinski definition) is 0. The normalized spacial score (nSPS) is 10.5. The van der Waals surface area contributed by atoms with Gasteiger partial charge >= 0.3 is 5.97 Å². The third kappa shape index (κ3) is 15.8. The Balaban J connectivity index is 3.29. The van der Waals surface area contributed by atoms with Gasteiger partial charge < -0.3 is 9.47 Å². The summed E-state index contributed by atoms with van der Waals surface area (Å²) in [7, 11) is 0. The highest BCUT2D eigenvalue weighted by molar-refractivity contribution is 5.87. The topological polar surface area (TPSA) is 35.5 Å². The third-order valence-corrected chi connectivity index (χ3v) is 4.13. The fourth-order valence-corrected chi connectivity index (χ4v) is 2.61. The van der Waals surface area contributed by atoms with Gasteiger partial charge in [-0.3, -0.25) is 0 Å². The van der Waals surface area contributed by atoms with E-state index >= 15 is 0 Å². The maximum absolute atomic E-state index is 11.6. The van der Waals surface area contributed by atoms with E-state index in [-0.39, 0.29) is 12.8 Å². The maximum atomic E-state index is 11.6. The van der Waals surface area contributed by atoms with Crippen molar-refractivity contribution >= 4 is 5.97 Å². The van der Waals surface area contributed by atoms with Crippen LogP contribution in [0.4, 0.5) is 0 Å². The van der Waals surface area contributed by atoms with Gasteiger partial charge in [-0.25, -0.2) is 4.79 Å². The quantitative estimate of drug-likeness (QED) is 0.0962. The SMILES string of the molecule is C=CCOCOC(=O)C(=C)CCCCCCCCCCCCCC. The van der Waals surface area contributed by atoms with E-state index in [1.807, 2.05) is 0 Å². The smallest absolute Gasteiger partial charge is 0.335 e. The minimum atomic E-state index is -0.345. The molecule has 0 saturated heterocycles. The second-order valence-corrected chi connectivity index (χ2v) is 6.45. The molecule has 0 heterocycles. The predicted molar refractivity (Wildman–Crippen MR) is 102 cm³/mol. The highest BCUT2D eigenvalue weighted by atomic mass is 16.7. The molecule has 0 unspecified atom stereocenters. The van der Waals surface area contributed by atoms with Crippen molar-refractivity contribution < 1.29 is 14.3 Å². The molecule has 3 nitrogen and oxygen atoms in total. The van der Waals surface area contributed by atoms with Gasteiger partial charge in [-0.1, -0.05) is 90.2 Å². The van der Waals surface area contributed by atoms with E-state index in [0.717, 1.165) is 19.3 Å². The van der Waals surface area contributed by atoms with Crippen LogP contribution in [0.3, 0.4) is 0 Å². The Morgan fingerprint density at radius 3 is 1.88 bits per heavy atom. The number of hydrogen-bond acceptors (Lipinski definition) is 3. The minimum absolute atomic E-state index is 0.0255. The van der Waals surface area contributed by atoms with Gasteiger partial charge in [0.2, 0.25) is 0 Å². The Bertz CT molecular complexity index is 323. The number of rotatable bonds is 18. The van der Waals surface area contributed by atoms with Gasteiger partial charge in [0, 0.05) is 5.57 Å². The standard InChI is InChI=1S/C21H38O3/c1-4-6-7-8-9-10-11-12-13-14-15-16-17-20(3)21(22)24-19-23-18-5-2/h5H,2-4,6-19H2,1H3. The summed E-state index contributed by atoms with van der Waals surface area (Å²) in [6.07, 6.45) is 18.1. The molecule has 0 atom stereocenters. The van der Waals surface area contributed by atoms with Crippen molar-refractivity contribution in [1.29, 1.82) is 0 Å². The van der Waals surface area contributed by atoms with Crippen LogP contribution < -0.4 is 0 Å². The number of carbonyl (C=O) groups excluding carboxylic acids is 1. The van der Waals surface area contributed by atoms with E-state index in [9.17, 15) is 4.79 Å². The highest BCUT2D eigenvalue weighted by Crippen LogP contribution is 2.14. The molecule has 0 aliphatic heterocycles. The average molecular weight is 339 g/mol. The van der Waals surface area contributed by atoms with Crippen molar-refractivity contribution in [3.63, 3.8) is 0 Å². The third-order valence-electron chi connectivity index (χ3n) is 4.13. The summed E-state index contributed by atoms with van der Waals surface area (Å²) in [6, 6.07) is 0. The van der Waals surface area contributed by atoms with Crippen LogP contribution in [0.25, 0.3) is 0 Å². The van der Waals surface area contributed by atoms with E-state index in [1.165, 1.54) is 64.2 Å². The van der Waals surface area contributed by atoms with Crippen molar-refractivity contribution in [2.45, 2.75) is 90.4 Å². The summed E-state index contributed by atoms with van der Waals surface area (Å²) >= 11 is 0. The van der Waals surface area contributed by atoms with Crippen molar-refractivity contribution in [1.82, 2.24) is 0 Å². The molecule has 0 aromatic heterocycles. The molecule has 0 amide bonds. The molecule has 24 heavy (non-hydrogen) atoms. The molecular formula is C21H38O3. The maximum Gasteiger partial charge on any atom is 0.335 e. The first-order valence-corrected chi connectivity index (χ1v) is 9.75. The zero-order valence-corrected chi connectivity index (χ0v) is 15.8. The van der Waals surface area contributed by atoms with Crippen molar-refractivity contribution in [3.05, 3.63) is 24.8 Å². The first-order valence-electron chi connectivity index (χ1n) is 9.75. The molecule has 0 rings (SSSR count). The van der Waals surface area contributed by atoms with Crippen molar-refractivity contribution in [3.8, 4) is 0 Å². The monoisotopic (exact) mass is 338 g/mol. The van der Waals surface area contributed by atoms with E-state index in [2.05, 4.69) is 20.1 Å². The van der Waals surface area contributed by atoms with E-state index in [4.69, 9.17) is 9.47 Å². The van der Waals surface area contributed by atoms with Gasteiger partial charge in [0.1, 0.15) is 0 Å². The molecule has 0 aliphatic rings. The Morgan fingerprint density at radius 1 is 0.875 bits per heavy atom. The number of unbranched alkanes of at least 4 members (excludes halogenated alkanes) is 11. The van der Waals surface area contributed by atoms with E-state index in [0.29, 0.717) is 12.2 Å². The lowest BCUT2D eigenvalue weighted by molar-refractivity contribution is -0.150. The first-order chi connectivity index (χ1) is 11.7. The van der Waals surface area contributed by atoms with Crippen LogP contribution in [-0.2, 0) is 14.3 Å². The molecule has 0 aliphatic carbocycles. The molecule has 140 valence electrons. The lowest BCUT2D eigenvalue weighted by Gasteiger charge is -2.07. The summed E-state index contributed by atoms with van der Waals surface area (Å²) in [5, 5.41) is 0. The lowest BCUT2D eigenvalue weighted by Crippen LogP contribution is -2.10. The van der Waals surface area contributed by atoms with Crippen LogP contribution in [0.5, 0.6) is 0 Å². The minimum Gasteiger partial charge on any atom is -0.435 e. The molecule has 3 heteroatoms. The van der Waals surface area contributed by atoms with Crippen LogP contribution in [0.2, 0.25) is 0 Å². The fraction of sp³-hybridized carbons (Fsp3) is 0.762. The number of ether oxygens (including phenoxy) is 2. The molecule has 0 N–H and O–H groups in total. The summed E-state index contributed by atoms with van der Waals surface area (Å²) in [5.41, 5.74) is 0.546. The van der Waals surface area contributed by atoms with Crippen LogP contribution in [-0.4, -0.2) is 19.4 Å². The van der Waals surface area contributed by atoms with Gasteiger partial charge in [-0.05, 0) is 12.8 Å². The summed E-state index contributed by atoms with van der Waals surface area (Å²) in [4.78, 5) is 11.6. The van der Waals surface area contributed by atoms with E-state index in [1.54, 1.807) is 6.08 Å². The van der Waals surface area contributed by atoms with Gasteiger partial charge in [-0.15, -0.1) is 6.58 Å². The molecule has 0 bridgehead atoms. The average Bonchev–Trinajstić information content (AvgIpc) is 2.59. The van der Waals surface area contributed by atoms with Gasteiger partial charge in [0.25, 0.3) is 0 Å². The van der Waals surface area contributed by atoms with Gasteiger partial charge in [0.15, 0.2) is 6.79 Å². The van der Waals surface area contributed by atoms with Crippen LogP contribution >= 0.6 is 0 Å².